The van der Waals surface area contributed by atoms with E-state index < -0.39 is 15.8 Å². The summed E-state index contributed by atoms with van der Waals surface area (Å²) in [5, 5.41) is 2.59. The van der Waals surface area contributed by atoms with Gasteiger partial charge in [-0.25, -0.2) is 12.8 Å². The van der Waals surface area contributed by atoms with Crippen LogP contribution in [0.4, 0.5) is 10.1 Å². The summed E-state index contributed by atoms with van der Waals surface area (Å²) in [6.07, 6.45) is 1.05. The van der Waals surface area contributed by atoms with Crippen molar-refractivity contribution >= 4 is 33.2 Å². The Kier molecular flexibility index (Phi) is 8.36. The van der Waals surface area contributed by atoms with E-state index in [1.54, 1.807) is 43.5 Å². The van der Waals surface area contributed by atoms with Crippen LogP contribution in [0.5, 0.6) is 11.5 Å². The lowest BCUT2D eigenvalue weighted by Crippen LogP contribution is -2.29. The van der Waals surface area contributed by atoms with E-state index in [2.05, 4.69) is 5.32 Å². The zero-order valence-corrected chi connectivity index (χ0v) is 20.2. The number of carbonyl (C=O) groups is 1. The molecule has 180 valence electrons. The van der Waals surface area contributed by atoms with Crippen LogP contribution in [0.25, 0.3) is 0 Å². The molecule has 0 bridgehead atoms. The summed E-state index contributed by atoms with van der Waals surface area (Å²) in [5.41, 5.74) is 1.30. The topological polar surface area (TPSA) is 84.9 Å². The highest BCUT2D eigenvalue weighted by Gasteiger charge is 2.19. The van der Waals surface area contributed by atoms with Gasteiger partial charge in [0.1, 0.15) is 12.4 Å². The van der Waals surface area contributed by atoms with Crippen LogP contribution in [0.1, 0.15) is 15.9 Å². The van der Waals surface area contributed by atoms with E-state index >= 15 is 0 Å². The first-order valence-corrected chi connectivity index (χ1v) is 12.5. The summed E-state index contributed by atoms with van der Waals surface area (Å²) in [7, 11) is -2.11. The number of sulfonamides is 1. The number of carbonyl (C=O) groups excluding carboxylic acids is 1. The zero-order chi connectivity index (χ0) is 24.7. The minimum Gasteiger partial charge on any atom is -0.493 e. The minimum absolute atomic E-state index is 0.00452. The van der Waals surface area contributed by atoms with Gasteiger partial charge in [-0.3, -0.25) is 9.10 Å². The van der Waals surface area contributed by atoms with E-state index in [1.807, 2.05) is 12.1 Å². The summed E-state index contributed by atoms with van der Waals surface area (Å²) >= 11 is 5.81. The van der Waals surface area contributed by atoms with Gasteiger partial charge in [-0.15, -0.1) is 0 Å². The van der Waals surface area contributed by atoms with Crippen molar-refractivity contribution in [1.82, 2.24) is 5.32 Å². The van der Waals surface area contributed by atoms with E-state index in [4.69, 9.17) is 21.1 Å². The fraction of sp³-hybridized carbons (Fsp3) is 0.208. The lowest BCUT2D eigenvalue weighted by Gasteiger charge is -2.23. The highest BCUT2D eigenvalue weighted by atomic mass is 35.5. The number of rotatable bonds is 10. The van der Waals surface area contributed by atoms with Crippen molar-refractivity contribution in [1.29, 1.82) is 0 Å². The Morgan fingerprint density at radius 2 is 1.74 bits per heavy atom. The first kappa shape index (κ1) is 25.3. The normalized spacial score (nSPS) is 11.1. The summed E-state index contributed by atoms with van der Waals surface area (Å²) in [6, 6.07) is 17.4. The van der Waals surface area contributed by atoms with Crippen LogP contribution in [-0.2, 0) is 16.6 Å². The number of anilines is 1. The van der Waals surface area contributed by atoms with Gasteiger partial charge in [-0.1, -0.05) is 35.9 Å². The van der Waals surface area contributed by atoms with Crippen LogP contribution in [0.2, 0.25) is 5.02 Å². The van der Waals surface area contributed by atoms with Crippen LogP contribution >= 0.6 is 11.6 Å². The molecule has 0 aliphatic carbocycles. The third kappa shape index (κ3) is 6.61. The van der Waals surface area contributed by atoms with Crippen molar-refractivity contribution in [2.75, 3.05) is 30.8 Å². The fourth-order valence-corrected chi connectivity index (χ4v) is 4.19. The Bertz CT molecular complexity index is 1250. The first-order chi connectivity index (χ1) is 16.2. The SMILES string of the molecule is COc1ccccc1OCCNC(=O)c1ccc(CN(c2ccc(F)c(Cl)c2)S(C)(=O)=O)cc1. The molecule has 0 saturated heterocycles. The number of hydrogen-bond acceptors (Lipinski definition) is 5. The summed E-state index contributed by atoms with van der Waals surface area (Å²) in [6.45, 7) is 0.537. The molecule has 1 amide bonds. The molecule has 0 spiro atoms. The molecule has 34 heavy (non-hydrogen) atoms. The number of nitrogens with one attached hydrogen (secondary N) is 1. The van der Waals surface area contributed by atoms with Gasteiger partial charge >= 0.3 is 0 Å². The fourth-order valence-electron chi connectivity index (χ4n) is 3.13. The second-order valence-electron chi connectivity index (χ2n) is 7.32. The largest absolute Gasteiger partial charge is 0.493 e. The van der Waals surface area contributed by atoms with Gasteiger partial charge in [0, 0.05) is 5.56 Å². The molecule has 0 aliphatic heterocycles. The van der Waals surface area contributed by atoms with Crippen LogP contribution in [0.3, 0.4) is 0 Å². The number of benzene rings is 3. The summed E-state index contributed by atoms with van der Waals surface area (Å²) < 4.78 is 50.1. The molecule has 7 nitrogen and oxygen atoms in total. The van der Waals surface area contributed by atoms with Crippen molar-refractivity contribution in [3.05, 3.63) is 88.7 Å². The van der Waals surface area contributed by atoms with Crippen LogP contribution in [0, 0.1) is 5.82 Å². The van der Waals surface area contributed by atoms with Gasteiger partial charge in [-0.2, -0.15) is 0 Å². The Balaban J connectivity index is 1.59. The van der Waals surface area contributed by atoms with Crippen molar-refractivity contribution in [2.24, 2.45) is 0 Å². The molecule has 10 heteroatoms. The van der Waals surface area contributed by atoms with Gasteiger partial charge in [0.15, 0.2) is 11.5 Å². The number of amides is 1. The molecule has 1 N–H and O–H groups in total. The molecule has 0 saturated carbocycles. The Labute approximate surface area is 203 Å². The highest BCUT2D eigenvalue weighted by molar-refractivity contribution is 7.92. The van der Waals surface area contributed by atoms with E-state index in [-0.39, 0.29) is 36.3 Å². The minimum atomic E-state index is -3.67. The third-order valence-electron chi connectivity index (χ3n) is 4.85. The number of nitrogens with zero attached hydrogens (tertiary/aromatic N) is 1. The molecule has 0 radical (unpaired) electrons. The summed E-state index contributed by atoms with van der Waals surface area (Å²) in [5.74, 6) is 0.264. The Hall–Kier alpha value is -3.30. The Morgan fingerprint density at radius 3 is 2.35 bits per heavy atom. The second-order valence-corrected chi connectivity index (χ2v) is 9.63. The van der Waals surface area contributed by atoms with Crippen molar-refractivity contribution < 1.29 is 27.1 Å². The Morgan fingerprint density at radius 1 is 1.06 bits per heavy atom. The lowest BCUT2D eigenvalue weighted by atomic mass is 10.1. The third-order valence-corrected chi connectivity index (χ3v) is 6.28. The van der Waals surface area contributed by atoms with Gasteiger partial charge in [0.2, 0.25) is 10.0 Å². The summed E-state index contributed by atoms with van der Waals surface area (Å²) in [4.78, 5) is 12.4. The highest BCUT2D eigenvalue weighted by Crippen LogP contribution is 2.27. The van der Waals surface area contributed by atoms with Gasteiger partial charge in [0.05, 0.1) is 37.2 Å². The van der Waals surface area contributed by atoms with E-state index in [0.717, 1.165) is 16.6 Å². The zero-order valence-electron chi connectivity index (χ0n) is 18.6. The maximum absolute atomic E-state index is 13.5. The predicted molar refractivity (Wildman–Crippen MR) is 130 cm³/mol. The number of methoxy groups -OCH3 is 1. The van der Waals surface area contributed by atoms with Crippen molar-refractivity contribution in [2.45, 2.75) is 6.54 Å². The predicted octanol–water partition coefficient (Wildman–Crippen LogP) is 4.26. The molecular weight excluding hydrogens is 483 g/mol. The van der Waals surface area contributed by atoms with E-state index in [9.17, 15) is 17.6 Å². The molecule has 0 atom stereocenters. The molecule has 3 rings (SSSR count). The average molecular weight is 507 g/mol. The van der Waals surface area contributed by atoms with E-state index in [0.29, 0.717) is 22.6 Å². The molecule has 0 heterocycles. The average Bonchev–Trinajstić information content (AvgIpc) is 2.82. The van der Waals surface area contributed by atoms with Crippen LogP contribution in [0.15, 0.2) is 66.7 Å². The molecule has 3 aromatic rings. The van der Waals surface area contributed by atoms with Gasteiger partial charge in [-0.05, 0) is 48.0 Å². The van der Waals surface area contributed by atoms with Gasteiger partial charge < -0.3 is 14.8 Å². The van der Waals surface area contributed by atoms with Crippen molar-refractivity contribution in [3.8, 4) is 11.5 Å². The smallest absolute Gasteiger partial charge is 0.251 e. The number of hydrogen-bond donors (Lipinski definition) is 1. The first-order valence-electron chi connectivity index (χ1n) is 10.2. The quantitative estimate of drug-likeness (QED) is 0.415. The molecule has 3 aromatic carbocycles. The number of para-hydroxylation sites is 2. The monoisotopic (exact) mass is 506 g/mol. The molecule has 0 fully saturated rings. The molecule has 0 aromatic heterocycles. The second kappa shape index (κ2) is 11.2. The maximum atomic E-state index is 13.5. The van der Waals surface area contributed by atoms with E-state index in [1.165, 1.54) is 12.1 Å². The van der Waals surface area contributed by atoms with Crippen LogP contribution < -0.4 is 19.1 Å². The maximum Gasteiger partial charge on any atom is 0.251 e. The standard InChI is InChI=1S/C24H24ClFN2O5S/c1-32-22-5-3-4-6-23(22)33-14-13-27-24(29)18-9-7-17(8-10-18)16-28(34(2,30)31)19-11-12-21(26)20(25)15-19/h3-12,15H,13-14,16H2,1-2H3,(H,27,29). The van der Waals surface area contributed by atoms with Gasteiger partial charge in [0.25, 0.3) is 5.91 Å². The molecule has 0 aliphatic rings. The van der Waals surface area contributed by atoms with Crippen molar-refractivity contribution in [3.63, 3.8) is 0 Å². The van der Waals surface area contributed by atoms with Crippen LogP contribution in [-0.4, -0.2) is 40.8 Å². The number of halogens is 2. The molecular formula is C24H24ClFN2O5S. The molecule has 0 unspecified atom stereocenters. The lowest BCUT2D eigenvalue weighted by molar-refractivity contribution is 0.0947. The number of ether oxygens (including phenoxy) is 2.